The van der Waals surface area contributed by atoms with Crippen LogP contribution in [0, 0.1) is 0 Å². The Hall–Kier alpha value is -0.610. The van der Waals surface area contributed by atoms with E-state index >= 15 is 0 Å². The number of hydrogen-bond acceptors (Lipinski definition) is 4. The molecular formula is C12H23NO3. The molecule has 1 fully saturated rings. The highest BCUT2D eigenvalue weighted by molar-refractivity contribution is 5.76. The molecule has 1 atom stereocenters. The zero-order chi connectivity index (χ0) is 12.2. The first-order valence-electron chi connectivity index (χ1n) is 5.98. The number of esters is 1. The van der Waals surface area contributed by atoms with Crippen LogP contribution in [0.1, 0.15) is 34.1 Å². The summed E-state index contributed by atoms with van der Waals surface area (Å²) in [6, 6.07) is -0.122. The second-order valence-electron chi connectivity index (χ2n) is 5.11. The molecule has 0 radical (unpaired) electrons. The number of ether oxygens (including phenoxy) is 2. The maximum absolute atomic E-state index is 12.0. The third-order valence-electron chi connectivity index (χ3n) is 2.55. The van der Waals surface area contributed by atoms with Crippen molar-refractivity contribution in [3.8, 4) is 0 Å². The second kappa shape index (κ2) is 5.64. The van der Waals surface area contributed by atoms with E-state index in [0.29, 0.717) is 13.2 Å². The van der Waals surface area contributed by atoms with E-state index in [1.807, 2.05) is 27.7 Å². The van der Waals surface area contributed by atoms with Crippen LogP contribution < -0.4 is 0 Å². The standard InChI is InChI=1S/C12H23NO3/c1-5-10(11(14)16-12(2,3)4)13-6-8-15-9-7-13/h10H,5-9H2,1-4H3. The van der Waals surface area contributed by atoms with Gasteiger partial charge in [0, 0.05) is 13.1 Å². The molecule has 0 saturated carbocycles. The quantitative estimate of drug-likeness (QED) is 0.686. The van der Waals surface area contributed by atoms with E-state index in [0.717, 1.165) is 19.5 Å². The average molecular weight is 229 g/mol. The van der Waals surface area contributed by atoms with Crippen molar-refractivity contribution in [2.75, 3.05) is 26.3 Å². The van der Waals surface area contributed by atoms with Gasteiger partial charge in [-0.05, 0) is 27.2 Å². The predicted molar refractivity (Wildman–Crippen MR) is 62.3 cm³/mol. The van der Waals surface area contributed by atoms with Crippen molar-refractivity contribution in [3.63, 3.8) is 0 Å². The van der Waals surface area contributed by atoms with E-state index in [-0.39, 0.29) is 12.0 Å². The predicted octanol–water partition coefficient (Wildman–Crippen LogP) is 1.44. The fourth-order valence-electron chi connectivity index (χ4n) is 1.83. The summed E-state index contributed by atoms with van der Waals surface area (Å²) >= 11 is 0. The molecule has 0 amide bonds. The van der Waals surface area contributed by atoms with Gasteiger partial charge in [0.25, 0.3) is 0 Å². The van der Waals surface area contributed by atoms with Crippen LogP contribution in [0.5, 0.6) is 0 Å². The molecule has 16 heavy (non-hydrogen) atoms. The van der Waals surface area contributed by atoms with Crippen LogP contribution in [0.2, 0.25) is 0 Å². The molecule has 0 bridgehead atoms. The SMILES string of the molecule is CCC(C(=O)OC(C)(C)C)N1CCOCC1. The van der Waals surface area contributed by atoms with Crippen LogP contribution in [-0.4, -0.2) is 48.8 Å². The van der Waals surface area contributed by atoms with Crippen molar-refractivity contribution in [1.29, 1.82) is 0 Å². The summed E-state index contributed by atoms with van der Waals surface area (Å²) in [5.41, 5.74) is -0.406. The van der Waals surface area contributed by atoms with E-state index in [9.17, 15) is 4.79 Å². The lowest BCUT2D eigenvalue weighted by molar-refractivity contribution is -0.163. The molecule has 1 saturated heterocycles. The summed E-state index contributed by atoms with van der Waals surface area (Å²) in [7, 11) is 0. The summed E-state index contributed by atoms with van der Waals surface area (Å²) < 4.78 is 10.7. The van der Waals surface area contributed by atoms with E-state index in [2.05, 4.69) is 4.90 Å². The van der Waals surface area contributed by atoms with Gasteiger partial charge in [-0.15, -0.1) is 0 Å². The molecule has 1 aliphatic heterocycles. The molecule has 1 heterocycles. The highest BCUT2D eigenvalue weighted by Crippen LogP contribution is 2.14. The van der Waals surface area contributed by atoms with Crippen LogP contribution in [0.3, 0.4) is 0 Å². The molecule has 4 heteroatoms. The largest absolute Gasteiger partial charge is 0.459 e. The van der Waals surface area contributed by atoms with Crippen LogP contribution in [0.25, 0.3) is 0 Å². The van der Waals surface area contributed by atoms with E-state index in [1.54, 1.807) is 0 Å². The number of rotatable bonds is 3. The first-order valence-corrected chi connectivity index (χ1v) is 5.98. The number of morpholine rings is 1. The molecule has 1 unspecified atom stereocenters. The summed E-state index contributed by atoms with van der Waals surface area (Å²) in [6.07, 6.45) is 0.787. The Balaban J connectivity index is 2.55. The molecule has 94 valence electrons. The van der Waals surface area contributed by atoms with Gasteiger partial charge in [0.15, 0.2) is 0 Å². The smallest absolute Gasteiger partial charge is 0.323 e. The molecule has 0 spiro atoms. The minimum atomic E-state index is -0.406. The maximum atomic E-state index is 12.0. The molecule has 1 rings (SSSR count). The molecule has 0 aromatic carbocycles. The summed E-state index contributed by atoms with van der Waals surface area (Å²) in [5, 5.41) is 0. The van der Waals surface area contributed by atoms with Gasteiger partial charge in [0.05, 0.1) is 13.2 Å². The van der Waals surface area contributed by atoms with Crippen LogP contribution >= 0.6 is 0 Å². The van der Waals surface area contributed by atoms with Gasteiger partial charge < -0.3 is 9.47 Å². The van der Waals surface area contributed by atoms with Crippen molar-refractivity contribution in [3.05, 3.63) is 0 Å². The monoisotopic (exact) mass is 229 g/mol. The number of nitrogens with zero attached hydrogens (tertiary/aromatic N) is 1. The van der Waals surface area contributed by atoms with Crippen molar-refractivity contribution >= 4 is 5.97 Å². The van der Waals surface area contributed by atoms with Gasteiger partial charge in [0.1, 0.15) is 11.6 Å². The molecule has 1 aliphatic rings. The van der Waals surface area contributed by atoms with Gasteiger partial charge in [0.2, 0.25) is 0 Å². The average Bonchev–Trinajstić information content (AvgIpc) is 2.17. The van der Waals surface area contributed by atoms with E-state index in [4.69, 9.17) is 9.47 Å². The second-order valence-corrected chi connectivity index (χ2v) is 5.11. The van der Waals surface area contributed by atoms with Gasteiger partial charge >= 0.3 is 5.97 Å². The van der Waals surface area contributed by atoms with Crippen LogP contribution in [0.4, 0.5) is 0 Å². The van der Waals surface area contributed by atoms with Crippen LogP contribution in [-0.2, 0) is 14.3 Å². The number of carbonyl (C=O) groups excluding carboxylic acids is 1. The Bertz CT molecular complexity index is 229. The van der Waals surface area contributed by atoms with Crippen molar-refractivity contribution in [2.45, 2.75) is 45.8 Å². The Labute approximate surface area is 97.9 Å². The third-order valence-corrected chi connectivity index (χ3v) is 2.55. The number of carbonyl (C=O) groups is 1. The van der Waals surface area contributed by atoms with Gasteiger partial charge in [-0.3, -0.25) is 9.69 Å². The minimum Gasteiger partial charge on any atom is -0.459 e. The fourth-order valence-corrected chi connectivity index (χ4v) is 1.83. The molecular weight excluding hydrogens is 206 g/mol. The highest BCUT2D eigenvalue weighted by atomic mass is 16.6. The van der Waals surface area contributed by atoms with Crippen molar-refractivity contribution < 1.29 is 14.3 Å². The third kappa shape index (κ3) is 4.10. The maximum Gasteiger partial charge on any atom is 0.323 e. The normalized spacial score (nSPS) is 20.5. The lowest BCUT2D eigenvalue weighted by Crippen LogP contribution is -2.49. The highest BCUT2D eigenvalue weighted by Gasteiger charge is 2.29. The number of hydrogen-bond donors (Lipinski definition) is 0. The first kappa shape index (κ1) is 13.5. The summed E-state index contributed by atoms with van der Waals surface area (Å²) in [5.74, 6) is -0.114. The van der Waals surface area contributed by atoms with Crippen molar-refractivity contribution in [2.24, 2.45) is 0 Å². The zero-order valence-corrected chi connectivity index (χ0v) is 10.8. The topological polar surface area (TPSA) is 38.8 Å². The minimum absolute atomic E-state index is 0.114. The molecule has 0 aromatic heterocycles. The Morgan fingerprint density at radius 2 is 1.94 bits per heavy atom. The summed E-state index contributed by atoms with van der Waals surface area (Å²) in [6.45, 7) is 10.8. The van der Waals surface area contributed by atoms with E-state index in [1.165, 1.54) is 0 Å². The zero-order valence-electron chi connectivity index (χ0n) is 10.8. The molecule has 4 nitrogen and oxygen atoms in total. The van der Waals surface area contributed by atoms with Crippen LogP contribution in [0.15, 0.2) is 0 Å². The Morgan fingerprint density at radius 3 is 2.38 bits per heavy atom. The lowest BCUT2D eigenvalue weighted by Gasteiger charge is -2.34. The Kier molecular flexibility index (Phi) is 4.74. The molecule has 0 aliphatic carbocycles. The van der Waals surface area contributed by atoms with E-state index < -0.39 is 5.60 Å². The van der Waals surface area contributed by atoms with Gasteiger partial charge in [-0.25, -0.2) is 0 Å². The van der Waals surface area contributed by atoms with Gasteiger partial charge in [-0.2, -0.15) is 0 Å². The lowest BCUT2D eigenvalue weighted by atomic mass is 10.1. The summed E-state index contributed by atoms with van der Waals surface area (Å²) in [4.78, 5) is 14.1. The Morgan fingerprint density at radius 1 is 1.38 bits per heavy atom. The molecule has 0 aromatic rings. The van der Waals surface area contributed by atoms with Crippen molar-refractivity contribution in [1.82, 2.24) is 4.90 Å². The molecule has 0 N–H and O–H groups in total. The van der Waals surface area contributed by atoms with Gasteiger partial charge in [-0.1, -0.05) is 6.92 Å². The first-order chi connectivity index (χ1) is 7.44. The fraction of sp³-hybridized carbons (Fsp3) is 0.917.